The van der Waals surface area contributed by atoms with E-state index in [9.17, 15) is 0 Å². The third-order valence-electron chi connectivity index (χ3n) is 2.72. The Labute approximate surface area is 94.7 Å². The molecule has 0 aromatic carbocycles. The number of ether oxygens (including phenoxy) is 2. The zero-order chi connectivity index (χ0) is 11.7. The Morgan fingerprint density at radius 3 is 2.20 bits per heavy atom. The van der Waals surface area contributed by atoms with Crippen molar-refractivity contribution in [3.8, 4) is 0 Å². The van der Waals surface area contributed by atoms with E-state index in [4.69, 9.17) is 9.47 Å². The molecule has 1 atom stereocenters. The second kappa shape index (κ2) is 8.93. The Kier molecular flexibility index (Phi) is 8.73. The first-order chi connectivity index (χ1) is 7.10. The number of hydrogen-bond acceptors (Lipinski definition) is 2. The normalized spacial score (nSPS) is 13.1. The molecule has 0 rings (SSSR count). The molecule has 0 heterocycles. The van der Waals surface area contributed by atoms with Gasteiger partial charge in [-0.1, -0.05) is 18.9 Å². The number of allylic oxidation sites excluding steroid dienone is 1. The lowest BCUT2D eigenvalue weighted by molar-refractivity contribution is -0.108. The Bertz CT molecular complexity index is 162. The molecule has 0 fully saturated rings. The van der Waals surface area contributed by atoms with Gasteiger partial charge in [-0.3, -0.25) is 0 Å². The van der Waals surface area contributed by atoms with Crippen molar-refractivity contribution in [2.75, 3.05) is 14.2 Å². The summed E-state index contributed by atoms with van der Waals surface area (Å²) in [5.41, 5.74) is 1.29. The van der Waals surface area contributed by atoms with E-state index in [1.54, 1.807) is 14.2 Å². The second-order valence-electron chi connectivity index (χ2n) is 4.43. The van der Waals surface area contributed by atoms with Crippen molar-refractivity contribution in [3.05, 3.63) is 12.2 Å². The molecule has 0 amide bonds. The van der Waals surface area contributed by atoms with E-state index in [1.807, 2.05) is 0 Å². The average molecular weight is 214 g/mol. The molecule has 2 heteroatoms. The van der Waals surface area contributed by atoms with E-state index >= 15 is 0 Å². The minimum Gasteiger partial charge on any atom is -0.356 e. The van der Waals surface area contributed by atoms with Gasteiger partial charge in [0.05, 0.1) is 0 Å². The van der Waals surface area contributed by atoms with Gasteiger partial charge in [-0.25, -0.2) is 0 Å². The summed E-state index contributed by atoms with van der Waals surface area (Å²) in [6.45, 7) is 8.30. The van der Waals surface area contributed by atoms with E-state index in [0.29, 0.717) is 0 Å². The maximum Gasteiger partial charge on any atom is 0.156 e. The predicted octanol–water partition coefficient (Wildman–Crippen LogP) is 3.77. The van der Waals surface area contributed by atoms with Crippen LogP contribution in [0.3, 0.4) is 0 Å². The molecule has 0 aromatic rings. The first kappa shape index (κ1) is 14.7. The van der Waals surface area contributed by atoms with E-state index in [2.05, 4.69) is 20.4 Å². The highest BCUT2D eigenvalue weighted by atomic mass is 16.7. The topological polar surface area (TPSA) is 18.5 Å². The highest BCUT2D eigenvalue weighted by molar-refractivity contribution is 4.87. The summed E-state index contributed by atoms with van der Waals surface area (Å²) >= 11 is 0. The average Bonchev–Trinajstić information content (AvgIpc) is 2.18. The van der Waals surface area contributed by atoms with Crippen LogP contribution in [0, 0.1) is 5.92 Å². The zero-order valence-corrected chi connectivity index (χ0v) is 10.7. The molecule has 0 saturated heterocycles. The van der Waals surface area contributed by atoms with Gasteiger partial charge in [0.15, 0.2) is 6.29 Å². The molecule has 0 bridgehead atoms. The largest absolute Gasteiger partial charge is 0.356 e. The van der Waals surface area contributed by atoms with Crippen molar-refractivity contribution in [2.24, 2.45) is 5.92 Å². The van der Waals surface area contributed by atoms with Gasteiger partial charge in [-0.05, 0) is 38.5 Å². The van der Waals surface area contributed by atoms with Gasteiger partial charge < -0.3 is 9.47 Å². The molecule has 0 aliphatic heterocycles. The molecule has 1 unspecified atom stereocenters. The van der Waals surface area contributed by atoms with Crippen molar-refractivity contribution in [2.45, 2.75) is 52.2 Å². The SMILES string of the molecule is C=C(C)CCCC(C)CCC(OC)OC. The van der Waals surface area contributed by atoms with Crippen LogP contribution in [-0.2, 0) is 9.47 Å². The van der Waals surface area contributed by atoms with Crippen molar-refractivity contribution in [1.29, 1.82) is 0 Å². The lowest BCUT2D eigenvalue weighted by Crippen LogP contribution is -2.14. The van der Waals surface area contributed by atoms with Crippen molar-refractivity contribution in [1.82, 2.24) is 0 Å². The molecule has 2 nitrogen and oxygen atoms in total. The van der Waals surface area contributed by atoms with Crippen LogP contribution in [0.5, 0.6) is 0 Å². The quantitative estimate of drug-likeness (QED) is 0.429. The van der Waals surface area contributed by atoms with E-state index in [0.717, 1.165) is 18.8 Å². The summed E-state index contributed by atoms with van der Waals surface area (Å²) in [5.74, 6) is 0.747. The first-order valence-corrected chi connectivity index (χ1v) is 5.80. The smallest absolute Gasteiger partial charge is 0.156 e. The van der Waals surface area contributed by atoms with Crippen LogP contribution in [0.2, 0.25) is 0 Å². The molecule has 0 radical (unpaired) electrons. The maximum absolute atomic E-state index is 5.16. The molecule has 0 aromatic heterocycles. The highest BCUT2D eigenvalue weighted by Gasteiger charge is 2.08. The van der Waals surface area contributed by atoms with Crippen LogP contribution in [0.25, 0.3) is 0 Å². The third kappa shape index (κ3) is 8.64. The summed E-state index contributed by atoms with van der Waals surface area (Å²) in [7, 11) is 3.39. The molecule has 0 aliphatic carbocycles. The van der Waals surface area contributed by atoms with Crippen LogP contribution in [0.15, 0.2) is 12.2 Å². The fourth-order valence-corrected chi connectivity index (χ4v) is 1.65. The van der Waals surface area contributed by atoms with E-state index in [1.165, 1.54) is 24.8 Å². The Hall–Kier alpha value is -0.340. The highest BCUT2D eigenvalue weighted by Crippen LogP contribution is 2.17. The van der Waals surface area contributed by atoms with Gasteiger partial charge in [0.1, 0.15) is 0 Å². The Balaban J connectivity index is 3.47. The molecule has 90 valence electrons. The van der Waals surface area contributed by atoms with Gasteiger partial charge in [0.2, 0.25) is 0 Å². The van der Waals surface area contributed by atoms with E-state index in [-0.39, 0.29) is 6.29 Å². The van der Waals surface area contributed by atoms with Crippen LogP contribution in [0.4, 0.5) is 0 Å². The van der Waals surface area contributed by atoms with Crippen molar-refractivity contribution in [3.63, 3.8) is 0 Å². The second-order valence-corrected chi connectivity index (χ2v) is 4.43. The van der Waals surface area contributed by atoms with Gasteiger partial charge >= 0.3 is 0 Å². The van der Waals surface area contributed by atoms with Crippen LogP contribution < -0.4 is 0 Å². The molecule has 0 saturated carbocycles. The summed E-state index contributed by atoms with van der Waals surface area (Å²) in [4.78, 5) is 0. The van der Waals surface area contributed by atoms with Gasteiger partial charge in [-0.2, -0.15) is 0 Å². The van der Waals surface area contributed by atoms with Gasteiger partial charge in [0, 0.05) is 14.2 Å². The third-order valence-corrected chi connectivity index (χ3v) is 2.72. The first-order valence-electron chi connectivity index (χ1n) is 5.80. The lowest BCUT2D eigenvalue weighted by Gasteiger charge is -2.16. The Morgan fingerprint density at radius 1 is 1.13 bits per heavy atom. The van der Waals surface area contributed by atoms with Crippen LogP contribution in [-0.4, -0.2) is 20.5 Å². The van der Waals surface area contributed by atoms with Gasteiger partial charge in [0.25, 0.3) is 0 Å². The van der Waals surface area contributed by atoms with Crippen molar-refractivity contribution < 1.29 is 9.47 Å². The summed E-state index contributed by atoms with van der Waals surface area (Å²) in [6.07, 6.45) is 5.80. The van der Waals surface area contributed by atoms with E-state index < -0.39 is 0 Å². The lowest BCUT2D eigenvalue weighted by atomic mass is 9.97. The summed E-state index contributed by atoms with van der Waals surface area (Å²) < 4.78 is 10.3. The zero-order valence-electron chi connectivity index (χ0n) is 10.7. The molecule has 0 aliphatic rings. The number of methoxy groups -OCH3 is 2. The molecule has 0 spiro atoms. The van der Waals surface area contributed by atoms with Gasteiger partial charge in [-0.15, -0.1) is 6.58 Å². The predicted molar refractivity (Wildman–Crippen MR) is 64.9 cm³/mol. The minimum atomic E-state index is -0.0337. The Morgan fingerprint density at radius 2 is 1.73 bits per heavy atom. The maximum atomic E-state index is 5.16. The molecular weight excluding hydrogens is 188 g/mol. The number of hydrogen-bond donors (Lipinski definition) is 0. The number of rotatable bonds is 9. The fraction of sp³-hybridized carbons (Fsp3) is 0.846. The monoisotopic (exact) mass is 214 g/mol. The molecule has 15 heavy (non-hydrogen) atoms. The van der Waals surface area contributed by atoms with Crippen LogP contribution >= 0.6 is 0 Å². The van der Waals surface area contributed by atoms with Crippen molar-refractivity contribution >= 4 is 0 Å². The fourth-order valence-electron chi connectivity index (χ4n) is 1.65. The minimum absolute atomic E-state index is 0.0337. The molecular formula is C13H26O2. The summed E-state index contributed by atoms with van der Waals surface area (Å²) in [6, 6.07) is 0. The standard InChI is InChI=1S/C13H26O2/c1-11(2)7-6-8-12(3)9-10-13(14-4)15-5/h12-13H,1,6-10H2,2-5H3. The molecule has 0 N–H and O–H groups in total. The van der Waals surface area contributed by atoms with Crippen LogP contribution in [0.1, 0.15) is 46.0 Å². The summed E-state index contributed by atoms with van der Waals surface area (Å²) in [5, 5.41) is 0.